The Bertz CT molecular complexity index is 1190. The van der Waals surface area contributed by atoms with Gasteiger partial charge in [-0.25, -0.2) is 4.98 Å². The van der Waals surface area contributed by atoms with Crippen molar-refractivity contribution in [1.29, 1.82) is 0 Å². The quantitative estimate of drug-likeness (QED) is 0.247. The highest BCUT2D eigenvalue weighted by molar-refractivity contribution is 9.10. The van der Waals surface area contributed by atoms with Crippen LogP contribution in [0.2, 0.25) is 5.02 Å². The first-order valence-corrected chi connectivity index (χ1v) is 11.3. The highest BCUT2D eigenvalue weighted by Crippen LogP contribution is 2.32. The molecule has 3 aromatic rings. The normalized spacial score (nSPS) is 12.4. The van der Waals surface area contributed by atoms with Gasteiger partial charge in [-0.1, -0.05) is 54.0 Å². The van der Waals surface area contributed by atoms with Crippen LogP contribution >= 0.6 is 43.5 Å². The summed E-state index contributed by atoms with van der Waals surface area (Å²) in [5.41, 5.74) is 1.04. The van der Waals surface area contributed by atoms with E-state index in [4.69, 9.17) is 21.3 Å². The SMILES string of the molecule is C=CCOc1c(Br)cc(Cl)cc1C=Nn1c([C@H](C)CC)nc2ccc(Br)cc2c1=O. The lowest BCUT2D eigenvalue weighted by Gasteiger charge is -2.14. The number of nitrogens with zero attached hydrogens (tertiary/aromatic N) is 3. The molecule has 156 valence electrons. The summed E-state index contributed by atoms with van der Waals surface area (Å²) in [6.07, 6.45) is 4.03. The van der Waals surface area contributed by atoms with Crippen molar-refractivity contribution in [3.63, 3.8) is 0 Å². The van der Waals surface area contributed by atoms with E-state index in [9.17, 15) is 4.79 Å². The Morgan fingerprint density at radius 2 is 2.10 bits per heavy atom. The van der Waals surface area contributed by atoms with E-state index in [0.29, 0.717) is 44.1 Å². The van der Waals surface area contributed by atoms with E-state index < -0.39 is 0 Å². The summed E-state index contributed by atoms with van der Waals surface area (Å²) in [7, 11) is 0. The lowest BCUT2D eigenvalue weighted by molar-refractivity contribution is 0.360. The first-order valence-electron chi connectivity index (χ1n) is 9.35. The number of aromatic nitrogens is 2. The molecule has 0 aliphatic carbocycles. The Hall–Kier alpha value is -1.96. The zero-order chi connectivity index (χ0) is 21.8. The third kappa shape index (κ3) is 4.85. The van der Waals surface area contributed by atoms with Crippen molar-refractivity contribution >= 4 is 60.6 Å². The molecule has 2 aromatic carbocycles. The molecule has 3 rings (SSSR count). The zero-order valence-corrected chi connectivity index (χ0v) is 20.5. The molecule has 0 N–H and O–H groups in total. The molecule has 0 saturated carbocycles. The van der Waals surface area contributed by atoms with Gasteiger partial charge < -0.3 is 4.74 Å². The van der Waals surface area contributed by atoms with Crippen LogP contribution in [0.5, 0.6) is 5.75 Å². The largest absolute Gasteiger partial charge is 0.488 e. The maximum absolute atomic E-state index is 13.2. The minimum Gasteiger partial charge on any atom is -0.488 e. The molecule has 0 amide bonds. The van der Waals surface area contributed by atoms with Crippen LogP contribution in [0.4, 0.5) is 0 Å². The molecule has 1 atom stereocenters. The summed E-state index contributed by atoms with van der Waals surface area (Å²) in [4.78, 5) is 18.0. The van der Waals surface area contributed by atoms with Crippen molar-refractivity contribution in [2.45, 2.75) is 26.2 Å². The van der Waals surface area contributed by atoms with Crippen molar-refractivity contribution in [2.75, 3.05) is 6.61 Å². The van der Waals surface area contributed by atoms with E-state index in [0.717, 1.165) is 10.9 Å². The molecule has 0 fully saturated rings. The number of fused-ring (bicyclic) bond motifs is 1. The number of ether oxygens (including phenoxy) is 1. The maximum Gasteiger partial charge on any atom is 0.282 e. The van der Waals surface area contributed by atoms with Crippen molar-refractivity contribution in [2.24, 2.45) is 5.10 Å². The fourth-order valence-corrected chi connectivity index (χ4v) is 4.18. The van der Waals surface area contributed by atoms with Crippen LogP contribution < -0.4 is 10.3 Å². The van der Waals surface area contributed by atoms with E-state index in [2.05, 4.69) is 43.5 Å². The third-order valence-corrected chi connectivity index (χ3v) is 5.88. The maximum atomic E-state index is 13.2. The Balaban J connectivity index is 2.20. The highest BCUT2D eigenvalue weighted by Gasteiger charge is 2.16. The van der Waals surface area contributed by atoms with E-state index in [-0.39, 0.29) is 11.5 Å². The van der Waals surface area contributed by atoms with E-state index in [1.165, 1.54) is 4.68 Å². The van der Waals surface area contributed by atoms with E-state index in [1.54, 1.807) is 30.5 Å². The van der Waals surface area contributed by atoms with Crippen LogP contribution in [-0.2, 0) is 0 Å². The van der Waals surface area contributed by atoms with Gasteiger partial charge in [-0.2, -0.15) is 9.78 Å². The fourth-order valence-electron chi connectivity index (χ4n) is 2.87. The van der Waals surface area contributed by atoms with Crippen LogP contribution in [0.1, 0.15) is 37.6 Å². The molecule has 1 aromatic heterocycles. The van der Waals surface area contributed by atoms with Gasteiger partial charge in [0.2, 0.25) is 0 Å². The van der Waals surface area contributed by atoms with E-state index in [1.807, 2.05) is 26.0 Å². The molecule has 0 unspecified atom stereocenters. The molecular weight excluding hydrogens is 534 g/mol. The van der Waals surface area contributed by atoms with Gasteiger partial charge in [0.1, 0.15) is 18.2 Å². The standard InChI is InChI=1S/C22H20Br2ClN3O2/c1-4-8-30-20-14(9-16(25)11-18(20)24)12-26-28-21(13(3)5-2)27-19-7-6-15(23)10-17(19)22(28)29/h4,6-7,9-13H,1,5,8H2,2-3H3/t13-/m1/s1. The van der Waals surface area contributed by atoms with Gasteiger partial charge in [0, 0.05) is 21.0 Å². The van der Waals surface area contributed by atoms with Crippen LogP contribution in [0, 0.1) is 0 Å². The molecule has 5 nitrogen and oxygen atoms in total. The van der Waals surface area contributed by atoms with Crippen molar-refractivity contribution < 1.29 is 4.74 Å². The predicted molar refractivity (Wildman–Crippen MR) is 130 cm³/mol. The first kappa shape index (κ1) is 22.7. The number of hydrogen-bond acceptors (Lipinski definition) is 4. The Morgan fingerprint density at radius 1 is 1.33 bits per heavy atom. The molecule has 0 aliphatic rings. The van der Waals surface area contributed by atoms with Gasteiger partial charge in [0.15, 0.2) is 0 Å². The average molecular weight is 554 g/mol. The minimum absolute atomic E-state index is 0.0467. The smallest absolute Gasteiger partial charge is 0.282 e. The van der Waals surface area contributed by atoms with E-state index >= 15 is 0 Å². The first-order chi connectivity index (χ1) is 14.3. The van der Waals surface area contributed by atoms with Gasteiger partial charge in [-0.3, -0.25) is 4.79 Å². The van der Waals surface area contributed by atoms with Gasteiger partial charge in [-0.15, -0.1) is 0 Å². The summed E-state index contributed by atoms with van der Waals surface area (Å²) >= 11 is 13.1. The minimum atomic E-state index is -0.234. The summed E-state index contributed by atoms with van der Waals surface area (Å²) < 4.78 is 8.60. The second-order valence-electron chi connectivity index (χ2n) is 6.71. The van der Waals surface area contributed by atoms with Crippen LogP contribution in [0.25, 0.3) is 10.9 Å². The molecular formula is C22H20Br2ClN3O2. The van der Waals surface area contributed by atoms with Gasteiger partial charge in [0.25, 0.3) is 5.56 Å². The summed E-state index contributed by atoms with van der Waals surface area (Å²) in [6.45, 7) is 8.07. The number of benzene rings is 2. The lowest BCUT2D eigenvalue weighted by atomic mass is 10.1. The van der Waals surface area contributed by atoms with Crippen molar-refractivity contribution in [3.05, 3.63) is 78.7 Å². The zero-order valence-electron chi connectivity index (χ0n) is 16.5. The Morgan fingerprint density at radius 3 is 2.80 bits per heavy atom. The van der Waals surface area contributed by atoms with Crippen LogP contribution in [-0.4, -0.2) is 22.5 Å². The number of halogens is 3. The Kier molecular flexibility index (Phi) is 7.50. The molecule has 0 spiro atoms. The van der Waals surface area contributed by atoms with Gasteiger partial charge in [0.05, 0.1) is 21.6 Å². The molecule has 0 aliphatic heterocycles. The molecule has 1 heterocycles. The summed E-state index contributed by atoms with van der Waals surface area (Å²) in [6, 6.07) is 8.92. The van der Waals surface area contributed by atoms with Crippen molar-refractivity contribution in [3.8, 4) is 5.75 Å². The molecule has 0 radical (unpaired) electrons. The van der Waals surface area contributed by atoms with Gasteiger partial charge in [-0.05, 0) is 52.7 Å². The Labute approximate surface area is 196 Å². The predicted octanol–water partition coefficient (Wildman–Crippen LogP) is 6.54. The molecule has 30 heavy (non-hydrogen) atoms. The second kappa shape index (κ2) is 9.90. The third-order valence-electron chi connectivity index (χ3n) is 4.58. The van der Waals surface area contributed by atoms with Gasteiger partial charge >= 0.3 is 0 Å². The summed E-state index contributed by atoms with van der Waals surface area (Å²) in [5.74, 6) is 1.21. The number of hydrogen-bond donors (Lipinski definition) is 0. The second-order valence-corrected chi connectivity index (χ2v) is 8.91. The summed E-state index contributed by atoms with van der Waals surface area (Å²) in [5, 5.41) is 5.50. The lowest BCUT2D eigenvalue weighted by Crippen LogP contribution is -2.23. The van der Waals surface area contributed by atoms with Crippen molar-refractivity contribution in [1.82, 2.24) is 9.66 Å². The monoisotopic (exact) mass is 551 g/mol. The van der Waals surface area contributed by atoms with Crippen LogP contribution in [0.3, 0.4) is 0 Å². The fraction of sp³-hybridized carbons (Fsp3) is 0.227. The average Bonchev–Trinajstić information content (AvgIpc) is 2.72. The topological polar surface area (TPSA) is 56.5 Å². The van der Waals surface area contributed by atoms with Crippen LogP contribution in [0.15, 0.2) is 61.8 Å². The number of rotatable bonds is 7. The molecule has 0 bridgehead atoms. The molecule has 8 heteroatoms. The highest BCUT2D eigenvalue weighted by atomic mass is 79.9. The molecule has 0 saturated heterocycles.